The molecule has 0 aromatic carbocycles. The minimum Gasteiger partial charge on any atom is -0.306 e. The van der Waals surface area contributed by atoms with Crippen molar-refractivity contribution >= 4 is 11.3 Å². The summed E-state index contributed by atoms with van der Waals surface area (Å²) in [6.45, 7) is 6.82. The van der Waals surface area contributed by atoms with E-state index >= 15 is 0 Å². The highest BCUT2D eigenvalue weighted by molar-refractivity contribution is 7.15. The molecule has 0 saturated carbocycles. The van der Waals surface area contributed by atoms with Crippen molar-refractivity contribution in [3.8, 4) is 10.6 Å². The van der Waals surface area contributed by atoms with Gasteiger partial charge in [0.15, 0.2) is 0 Å². The monoisotopic (exact) mass is 316 g/mol. The molecule has 0 bridgehead atoms. The van der Waals surface area contributed by atoms with E-state index in [4.69, 9.17) is 0 Å². The number of nitrogens with zero attached hydrogens (tertiary/aromatic N) is 4. The molecular formula is C17H24N4S. The first kappa shape index (κ1) is 15.6. The summed E-state index contributed by atoms with van der Waals surface area (Å²) in [6.07, 6.45) is 9.12. The lowest BCUT2D eigenvalue weighted by molar-refractivity contribution is 0.393. The van der Waals surface area contributed by atoms with Crippen LogP contribution in [0, 0.1) is 11.8 Å². The summed E-state index contributed by atoms with van der Waals surface area (Å²) in [5, 5.41) is 1.19. The fraction of sp³-hybridized carbons (Fsp3) is 0.588. The second kappa shape index (κ2) is 6.84. The van der Waals surface area contributed by atoms with Crippen LogP contribution in [0.1, 0.15) is 31.0 Å². The van der Waals surface area contributed by atoms with Crippen LogP contribution in [0.5, 0.6) is 0 Å². The normalized spacial score (nSPS) is 19.2. The molecular weight excluding hydrogens is 292 g/mol. The van der Waals surface area contributed by atoms with E-state index < -0.39 is 0 Å². The van der Waals surface area contributed by atoms with Crippen LogP contribution >= 0.6 is 11.3 Å². The zero-order chi connectivity index (χ0) is 15.5. The molecule has 1 atom stereocenters. The summed E-state index contributed by atoms with van der Waals surface area (Å²) in [6, 6.07) is 0. The van der Waals surface area contributed by atoms with Crippen LogP contribution in [0.4, 0.5) is 0 Å². The molecule has 1 aliphatic heterocycles. The predicted octanol–water partition coefficient (Wildman–Crippen LogP) is 3.29. The fourth-order valence-corrected chi connectivity index (χ4v) is 4.04. The van der Waals surface area contributed by atoms with Crippen LogP contribution in [-0.4, -0.2) is 40.0 Å². The van der Waals surface area contributed by atoms with E-state index in [2.05, 4.69) is 40.7 Å². The molecule has 0 spiro atoms. The quantitative estimate of drug-likeness (QED) is 0.849. The van der Waals surface area contributed by atoms with E-state index in [-0.39, 0.29) is 0 Å². The topological polar surface area (TPSA) is 41.9 Å². The van der Waals surface area contributed by atoms with Gasteiger partial charge in [-0.05, 0) is 38.3 Å². The summed E-state index contributed by atoms with van der Waals surface area (Å²) in [4.78, 5) is 17.2. The van der Waals surface area contributed by atoms with Gasteiger partial charge in [0.1, 0.15) is 5.69 Å². The minimum absolute atomic E-state index is 0.636. The fourth-order valence-electron chi connectivity index (χ4n) is 2.95. The molecule has 4 nitrogen and oxygen atoms in total. The smallest absolute Gasteiger partial charge is 0.100 e. The van der Waals surface area contributed by atoms with Gasteiger partial charge in [0.25, 0.3) is 0 Å². The maximum atomic E-state index is 4.61. The summed E-state index contributed by atoms with van der Waals surface area (Å²) in [5.41, 5.74) is 2.05. The van der Waals surface area contributed by atoms with Gasteiger partial charge in [-0.25, -0.2) is 4.98 Å². The number of thiazole rings is 1. The summed E-state index contributed by atoms with van der Waals surface area (Å²) in [5.74, 6) is 1.36. The van der Waals surface area contributed by atoms with Gasteiger partial charge in [0.2, 0.25) is 0 Å². The highest BCUT2D eigenvalue weighted by Crippen LogP contribution is 2.26. The van der Waals surface area contributed by atoms with Crippen LogP contribution in [0.25, 0.3) is 10.6 Å². The van der Waals surface area contributed by atoms with Crippen LogP contribution in [0.2, 0.25) is 0 Å². The highest BCUT2D eigenvalue weighted by Gasteiger charge is 2.20. The Morgan fingerprint density at radius 2 is 2.09 bits per heavy atom. The maximum absolute atomic E-state index is 4.61. The summed E-state index contributed by atoms with van der Waals surface area (Å²) < 4.78 is 0. The van der Waals surface area contributed by atoms with Gasteiger partial charge < -0.3 is 4.90 Å². The standard InChI is InChI=1S/C17H24N4S/c1-12(2)6-17-20-10-16(22-17)15-9-18-14(8-19-15)7-13-4-5-21(3)11-13/h8-10,12-13H,4-7,11H2,1-3H3. The zero-order valence-corrected chi connectivity index (χ0v) is 14.4. The first-order valence-corrected chi connectivity index (χ1v) is 8.86. The van der Waals surface area contributed by atoms with Gasteiger partial charge in [-0.15, -0.1) is 11.3 Å². The SMILES string of the molecule is CC(C)Cc1ncc(-c2cnc(CC3CCN(C)C3)cn2)s1. The van der Waals surface area contributed by atoms with E-state index in [9.17, 15) is 0 Å². The molecule has 0 aliphatic carbocycles. The van der Waals surface area contributed by atoms with Gasteiger partial charge in [-0.1, -0.05) is 13.8 Å². The van der Waals surface area contributed by atoms with Gasteiger partial charge in [-0.3, -0.25) is 9.97 Å². The zero-order valence-electron chi connectivity index (χ0n) is 13.6. The molecule has 3 rings (SSSR count). The average molecular weight is 316 g/mol. The van der Waals surface area contributed by atoms with E-state index in [1.807, 2.05) is 18.6 Å². The molecule has 3 heterocycles. The third-order valence-corrected chi connectivity index (χ3v) is 5.12. The first-order valence-electron chi connectivity index (χ1n) is 8.04. The van der Waals surface area contributed by atoms with Crippen molar-refractivity contribution in [3.05, 3.63) is 29.3 Å². The average Bonchev–Trinajstić information content (AvgIpc) is 3.09. The Hall–Kier alpha value is -1.33. The van der Waals surface area contributed by atoms with Crippen molar-refractivity contribution in [2.24, 2.45) is 11.8 Å². The summed E-state index contributed by atoms with van der Waals surface area (Å²) in [7, 11) is 2.19. The van der Waals surface area contributed by atoms with Crippen LogP contribution in [0.3, 0.4) is 0 Å². The van der Waals surface area contributed by atoms with Crippen molar-refractivity contribution in [3.63, 3.8) is 0 Å². The molecule has 1 saturated heterocycles. The lowest BCUT2D eigenvalue weighted by Gasteiger charge is -2.09. The largest absolute Gasteiger partial charge is 0.306 e. The van der Waals surface area contributed by atoms with E-state index in [1.54, 1.807) is 11.3 Å². The Labute approximate surface area is 136 Å². The third-order valence-electron chi connectivity index (χ3n) is 4.08. The minimum atomic E-state index is 0.636. The van der Waals surface area contributed by atoms with Gasteiger partial charge >= 0.3 is 0 Å². The van der Waals surface area contributed by atoms with E-state index in [1.165, 1.54) is 24.5 Å². The van der Waals surface area contributed by atoms with E-state index in [0.717, 1.165) is 35.0 Å². The maximum Gasteiger partial charge on any atom is 0.100 e. The van der Waals surface area contributed by atoms with Crippen molar-refractivity contribution < 1.29 is 0 Å². The number of hydrogen-bond acceptors (Lipinski definition) is 5. The third kappa shape index (κ3) is 3.90. The number of hydrogen-bond donors (Lipinski definition) is 0. The number of aromatic nitrogens is 3. The van der Waals surface area contributed by atoms with Gasteiger partial charge in [-0.2, -0.15) is 0 Å². The molecule has 5 heteroatoms. The van der Waals surface area contributed by atoms with Gasteiger partial charge in [0, 0.05) is 25.4 Å². The Kier molecular flexibility index (Phi) is 4.84. The van der Waals surface area contributed by atoms with Crippen molar-refractivity contribution in [2.75, 3.05) is 20.1 Å². The molecule has 1 fully saturated rings. The molecule has 0 N–H and O–H groups in total. The predicted molar refractivity (Wildman–Crippen MR) is 91.0 cm³/mol. The molecule has 0 radical (unpaired) electrons. The lowest BCUT2D eigenvalue weighted by Crippen LogP contribution is -2.15. The number of rotatable bonds is 5. The van der Waals surface area contributed by atoms with E-state index in [0.29, 0.717) is 5.92 Å². The van der Waals surface area contributed by atoms with Crippen molar-refractivity contribution in [2.45, 2.75) is 33.1 Å². The number of likely N-dealkylation sites (tertiary alicyclic amines) is 1. The lowest BCUT2D eigenvalue weighted by atomic mass is 10.0. The van der Waals surface area contributed by atoms with Crippen LogP contribution in [-0.2, 0) is 12.8 Å². The Morgan fingerprint density at radius 1 is 1.23 bits per heavy atom. The molecule has 22 heavy (non-hydrogen) atoms. The molecule has 118 valence electrons. The van der Waals surface area contributed by atoms with Crippen molar-refractivity contribution in [1.29, 1.82) is 0 Å². The summed E-state index contributed by atoms with van der Waals surface area (Å²) >= 11 is 1.73. The first-order chi connectivity index (χ1) is 10.6. The van der Waals surface area contributed by atoms with Gasteiger partial charge in [0.05, 0.1) is 21.8 Å². The molecule has 1 unspecified atom stereocenters. The Morgan fingerprint density at radius 3 is 2.73 bits per heavy atom. The second-order valence-corrected chi connectivity index (χ2v) is 7.85. The van der Waals surface area contributed by atoms with Crippen molar-refractivity contribution in [1.82, 2.24) is 19.9 Å². The molecule has 0 amide bonds. The molecule has 2 aromatic rings. The van der Waals surface area contributed by atoms with Crippen LogP contribution < -0.4 is 0 Å². The molecule has 1 aliphatic rings. The molecule has 2 aromatic heterocycles. The highest BCUT2D eigenvalue weighted by atomic mass is 32.1. The second-order valence-electron chi connectivity index (χ2n) is 6.73. The Bertz CT molecular complexity index is 605. The Balaban J connectivity index is 1.64. The van der Waals surface area contributed by atoms with Crippen LogP contribution in [0.15, 0.2) is 18.6 Å².